The first-order valence-electron chi connectivity index (χ1n) is 9.18. The Balaban J connectivity index is 1.58. The third-order valence-corrected chi connectivity index (χ3v) is 5.48. The normalized spacial score (nSPS) is 11.8. The largest absolute Gasteiger partial charge is 0.497 e. The lowest BCUT2D eigenvalue weighted by Gasteiger charge is -2.15. The number of nitrogens with one attached hydrogen (secondary N) is 1. The minimum atomic E-state index is -0.587. The number of hydrogen-bond donors (Lipinski definition) is 1. The number of benzene rings is 2. The Labute approximate surface area is 177 Å². The van der Waals surface area contributed by atoms with E-state index in [9.17, 15) is 4.79 Å². The second-order valence-electron chi connectivity index (χ2n) is 6.39. The Kier molecular flexibility index (Phi) is 5.85. The van der Waals surface area contributed by atoms with Gasteiger partial charge in [-0.1, -0.05) is 36.4 Å². The van der Waals surface area contributed by atoms with E-state index in [0.29, 0.717) is 28.3 Å². The van der Waals surface area contributed by atoms with Crippen molar-refractivity contribution in [1.29, 1.82) is 0 Å². The van der Waals surface area contributed by atoms with Gasteiger partial charge in [0.25, 0.3) is 11.1 Å². The number of amides is 1. The monoisotopic (exact) mass is 421 g/mol. The van der Waals surface area contributed by atoms with Crippen molar-refractivity contribution in [2.75, 3.05) is 12.4 Å². The molecular formula is C22H19N3O4S. The van der Waals surface area contributed by atoms with E-state index >= 15 is 0 Å². The van der Waals surface area contributed by atoms with E-state index in [4.69, 9.17) is 13.6 Å². The molecule has 1 atom stereocenters. The molecule has 152 valence electrons. The van der Waals surface area contributed by atoms with Gasteiger partial charge in [0.15, 0.2) is 0 Å². The maximum absolute atomic E-state index is 13.1. The van der Waals surface area contributed by atoms with Gasteiger partial charge >= 0.3 is 0 Å². The molecule has 0 spiro atoms. The first-order chi connectivity index (χ1) is 14.6. The smallest absolute Gasteiger partial charge is 0.277 e. The number of aryl methyl sites for hydroxylation is 1. The molecule has 0 aliphatic heterocycles. The quantitative estimate of drug-likeness (QED) is 0.414. The molecule has 0 aliphatic rings. The summed E-state index contributed by atoms with van der Waals surface area (Å²) >= 11 is 1.19. The van der Waals surface area contributed by atoms with Crippen LogP contribution in [0.15, 0.2) is 81.0 Å². The summed E-state index contributed by atoms with van der Waals surface area (Å²) in [5.41, 5.74) is 2.19. The number of carbonyl (C=O) groups excluding carboxylic acids is 1. The second kappa shape index (κ2) is 8.87. The molecular weight excluding hydrogens is 402 g/mol. The number of furan rings is 1. The van der Waals surface area contributed by atoms with Crippen LogP contribution in [-0.2, 0) is 4.79 Å². The summed E-state index contributed by atoms with van der Waals surface area (Å²) in [7, 11) is 1.58. The first kappa shape index (κ1) is 19.8. The zero-order valence-electron chi connectivity index (χ0n) is 16.4. The molecule has 0 saturated carbocycles. The topological polar surface area (TPSA) is 90.4 Å². The molecule has 2 aromatic heterocycles. The molecule has 30 heavy (non-hydrogen) atoms. The highest BCUT2D eigenvalue weighted by Gasteiger charge is 2.25. The number of aromatic nitrogens is 2. The van der Waals surface area contributed by atoms with Gasteiger partial charge in [0.2, 0.25) is 5.91 Å². The molecule has 4 rings (SSSR count). The Hall–Kier alpha value is -3.52. The Morgan fingerprint density at radius 1 is 1.10 bits per heavy atom. The molecule has 1 unspecified atom stereocenters. The number of anilines is 1. The van der Waals surface area contributed by atoms with Gasteiger partial charge in [-0.15, -0.1) is 10.2 Å². The average Bonchev–Trinajstić information content (AvgIpc) is 3.41. The van der Waals surface area contributed by atoms with E-state index in [1.54, 1.807) is 31.6 Å². The number of ether oxygens (including phenoxy) is 1. The zero-order valence-corrected chi connectivity index (χ0v) is 17.2. The third-order valence-electron chi connectivity index (χ3n) is 4.39. The second-order valence-corrected chi connectivity index (χ2v) is 7.45. The van der Waals surface area contributed by atoms with E-state index in [1.165, 1.54) is 11.8 Å². The Morgan fingerprint density at radius 2 is 1.93 bits per heavy atom. The summed E-state index contributed by atoms with van der Waals surface area (Å²) < 4.78 is 16.3. The zero-order chi connectivity index (χ0) is 20.9. The summed E-state index contributed by atoms with van der Waals surface area (Å²) in [5, 5.41) is 10.8. The third kappa shape index (κ3) is 4.38. The van der Waals surface area contributed by atoms with Crippen LogP contribution in [0.25, 0.3) is 11.5 Å². The minimum Gasteiger partial charge on any atom is -0.497 e. The molecule has 0 fully saturated rings. The Morgan fingerprint density at radius 3 is 2.67 bits per heavy atom. The van der Waals surface area contributed by atoms with Crippen molar-refractivity contribution in [2.24, 2.45) is 0 Å². The van der Waals surface area contributed by atoms with Gasteiger partial charge in [-0.05, 0) is 42.4 Å². The predicted octanol–water partition coefficient (Wildman–Crippen LogP) is 5.12. The van der Waals surface area contributed by atoms with Crippen LogP contribution < -0.4 is 10.1 Å². The van der Waals surface area contributed by atoms with Crippen molar-refractivity contribution in [3.63, 3.8) is 0 Å². The number of nitrogens with zero attached hydrogens (tertiary/aromatic N) is 2. The summed E-state index contributed by atoms with van der Waals surface area (Å²) in [6.07, 6.45) is 1.57. The molecule has 0 saturated heterocycles. The van der Waals surface area contributed by atoms with Gasteiger partial charge in [0.1, 0.15) is 16.8 Å². The fourth-order valence-corrected chi connectivity index (χ4v) is 3.76. The molecule has 0 bridgehead atoms. The number of carbonyl (C=O) groups is 1. The van der Waals surface area contributed by atoms with E-state index < -0.39 is 5.25 Å². The fraction of sp³-hybridized carbons (Fsp3) is 0.136. The van der Waals surface area contributed by atoms with Gasteiger partial charge in [-0.3, -0.25) is 4.79 Å². The van der Waals surface area contributed by atoms with Crippen molar-refractivity contribution >= 4 is 23.4 Å². The molecule has 0 aliphatic carbocycles. The first-order valence-corrected chi connectivity index (χ1v) is 10.1. The number of thioether (sulfide) groups is 1. The highest BCUT2D eigenvalue weighted by molar-refractivity contribution is 8.00. The summed E-state index contributed by atoms with van der Waals surface area (Å²) in [5.74, 6) is 1.49. The molecule has 4 aromatic rings. The van der Waals surface area contributed by atoms with E-state index in [2.05, 4.69) is 15.5 Å². The Bertz CT molecular complexity index is 1140. The molecule has 8 heteroatoms. The van der Waals surface area contributed by atoms with Crippen molar-refractivity contribution in [3.8, 4) is 17.2 Å². The molecule has 1 amide bonds. The maximum Gasteiger partial charge on any atom is 0.277 e. The number of methoxy groups -OCH3 is 1. The van der Waals surface area contributed by atoms with Gasteiger partial charge in [-0.25, -0.2) is 0 Å². The number of rotatable bonds is 7. The standard InChI is InChI=1S/C22H19N3O4S/c1-14-18(11-12-28-14)21-24-25-22(29-21)30-19(15-7-4-3-5-8-15)20(26)23-16-9-6-10-17(13-16)27-2/h3-13,19H,1-2H3,(H,23,26). The van der Waals surface area contributed by atoms with Crippen LogP contribution in [0.1, 0.15) is 16.6 Å². The van der Waals surface area contributed by atoms with Gasteiger partial charge in [0.05, 0.1) is 18.9 Å². The van der Waals surface area contributed by atoms with E-state index in [1.807, 2.05) is 49.4 Å². The number of hydrogen-bond acceptors (Lipinski definition) is 7. The van der Waals surface area contributed by atoms with Gasteiger partial charge < -0.3 is 18.9 Å². The molecule has 2 aromatic carbocycles. The van der Waals surface area contributed by atoms with Gasteiger partial charge in [-0.2, -0.15) is 0 Å². The molecule has 0 radical (unpaired) electrons. The van der Waals surface area contributed by atoms with Crippen LogP contribution in [0.3, 0.4) is 0 Å². The molecule has 1 N–H and O–H groups in total. The molecule has 2 heterocycles. The predicted molar refractivity (Wildman–Crippen MR) is 113 cm³/mol. The van der Waals surface area contributed by atoms with Crippen LogP contribution >= 0.6 is 11.8 Å². The van der Waals surface area contributed by atoms with Crippen molar-refractivity contribution in [2.45, 2.75) is 17.4 Å². The van der Waals surface area contributed by atoms with E-state index in [0.717, 1.165) is 11.1 Å². The summed E-state index contributed by atoms with van der Waals surface area (Å²) in [6, 6.07) is 18.4. The lowest BCUT2D eigenvalue weighted by molar-refractivity contribution is -0.115. The highest BCUT2D eigenvalue weighted by atomic mass is 32.2. The minimum absolute atomic E-state index is 0.210. The van der Waals surface area contributed by atoms with Crippen LogP contribution in [-0.4, -0.2) is 23.2 Å². The van der Waals surface area contributed by atoms with Crippen LogP contribution in [0, 0.1) is 6.92 Å². The lowest BCUT2D eigenvalue weighted by Crippen LogP contribution is -2.19. The SMILES string of the molecule is COc1cccc(NC(=O)C(Sc2nnc(-c3ccoc3C)o2)c2ccccc2)c1. The maximum atomic E-state index is 13.1. The van der Waals surface area contributed by atoms with Crippen molar-refractivity contribution in [3.05, 3.63) is 78.3 Å². The van der Waals surface area contributed by atoms with Crippen molar-refractivity contribution in [1.82, 2.24) is 10.2 Å². The van der Waals surface area contributed by atoms with Gasteiger partial charge in [0, 0.05) is 11.8 Å². The lowest BCUT2D eigenvalue weighted by atomic mass is 10.1. The van der Waals surface area contributed by atoms with Crippen LogP contribution in [0.4, 0.5) is 5.69 Å². The van der Waals surface area contributed by atoms with Crippen LogP contribution in [0.5, 0.6) is 5.75 Å². The van der Waals surface area contributed by atoms with Crippen molar-refractivity contribution < 1.29 is 18.4 Å². The molecule has 7 nitrogen and oxygen atoms in total. The fourth-order valence-electron chi connectivity index (χ4n) is 2.88. The average molecular weight is 421 g/mol. The summed E-state index contributed by atoms with van der Waals surface area (Å²) in [6.45, 7) is 1.82. The van der Waals surface area contributed by atoms with Crippen LogP contribution in [0.2, 0.25) is 0 Å². The summed E-state index contributed by atoms with van der Waals surface area (Å²) in [4.78, 5) is 13.1. The highest BCUT2D eigenvalue weighted by Crippen LogP contribution is 2.37. The van der Waals surface area contributed by atoms with E-state index in [-0.39, 0.29) is 5.91 Å².